The van der Waals surface area contributed by atoms with E-state index < -0.39 is 5.60 Å². The Bertz CT molecular complexity index is 773. The van der Waals surface area contributed by atoms with Gasteiger partial charge in [0.15, 0.2) is 5.65 Å². The van der Waals surface area contributed by atoms with Gasteiger partial charge < -0.3 is 10.1 Å². The molecule has 3 rings (SSSR count). The van der Waals surface area contributed by atoms with Crippen LogP contribution in [0.5, 0.6) is 0 Å². The molecule has 0 amide bonds. The Morgan fingerprint density at radius 3 is 2.32 bits per heavy atom. The van der Waals surface area contributed by atoms with E-state index >= 15 is 0 Å². The van der Waals surface area contributed by atoms with Crippen molar-refractivity contribution < 1.29 is 5.11 Å². The van der Waals surface area contributed by atoms with E-state index in [1.165, 1.54) is 5.56 Å². The maximum atomic E-state index is 10.0. The number of aryl methyl sites for hydroxylation is 1. The van der Waals surface area contributed by atoms with E-state index in [1.807, 2.05) is 24.3 Å². The first-order chi connectivity index (χ1) is 10.0. The predicted molar refractivity (Wildman–Crippen MR) is 91.2 cm³/mol. The van der Waals surface area contributed by atoms with Gasteiger partial charge in [-0.3, -0.25) is 4.98 Å². The van der Waals surface area contributed by atoms with Gasteiger partial charge in [0.25, 0.3) is 0 Å². The number of fused-ring (bicyclic) bond motifs is 1. The molecule has 2 aromatic heterocycles. The highest BCUT2D eigenvalue weighted by Crippen LogP contribution is 2.30. The Morgan fingerprint density at radius 2 is 1.73 bits per heavy atom. The maximum Gasteiger partial charge on any atom is 0.156 e. The number of nitrogens with zero attached hydrogens (tertiary/aromatic N) is 2. The van der Waals surface area contributed by atoms with Crippen molar-refractivity contribution in [2.75, 3.05) is 0 Å². The van der Waals surface area contributed by atoms with Crippen LogP contribution in [0.3, 0.4) is 0 Å². The lowest BCUT2D eigenvalue weighted by molar-refractivity contribution is 0.0786. The van der Waals surface area contributed by atoms with Crippen LogP contribution >= 0.6 is 12.4 Å². The first-order valence-corrected chi connectivity index (χ1v) is 7.15. The number of rotatable bonds is 3. The Morgan fingerprint density at radius 1 is 1.09 bits per heavy atom. The number of aromatic amines is 1. The summed E-state index contributed by atoms with van der Waals surface area (Å²) < 4.78 is 0. The number of H-pyrrole nitrogens is 1. The predicted octanol–water partition coefficient (Wildman–Crippen LogP) is 3.84. The highest BCUT2D eigenvalue weighted by molar-refractivity contribution is 5.85. The summed E-state index contributed by atoms with van der Waals surface area (Å²) in [6.45, 7) is 5.69. The van der Waals surface area contributed by atoms with Crippen LogP contribution in [0, 0.1) is 0 Å². The quantitative estimate of drug-likeness (QED) is 0.771. The molecule has 22 heavy (non-hydrogen) atoms. The highest BCUT2D eigenvalue weighted by Gasteiger charge is 2.17. The fourth-order valence-electron chi connectivity index (χ4n) is 2.60. The van der Waals surface area contributed by atoms with Gasteiger partial charge in [-0.25, -0.2) is 4.98 Å². The van der Waals surface area contributed by atoms with Crippen molar-refractivity contribution in [3.05, 3.63) is 47.8 Å². The third-order valence-electron chi connectivity index (χ3n) is 3.76. The summed E-state index contributed by atoms with van der Waals surface area (Å²) in [5.74, 6) is 0. The zero-order valence-electron chi connectivity index (χ0n) is 12.9. The molecule has 0 spiro atoms. The van der Waals surface area contributed by atoms with Gasteiger partial charge in [-0.2, -0.15) is 0 Å². The Labute approximate surface area is 136 Å². The maximum absolute atomic E-state index is 10.0. The van der Waals surface area contributed by atoms with Gasteiger partial charge >= 0.3 is 0 Å². The molecule has 0 radical (unpaired) electrons. The molecular weight excluding hydrogens is 298 g/mol. The topological polar surface area (TPSA) is 61.8 Å². The number of benzene rings is 1. The van der Waals surface area contributed by atoms with Gasteiger partial charge in [-0.05, 0) is 31.4 Å². The first kappa shape index (κ1) is 16.5. The molecule has 0 saturated heterocycles. The van der Waals surface area contributed by atoms with Crippen LogP contribution in [0.4, 0.5) is 0 Å². The molecular formula is C17H20ClN3O. The summed E-state index contributed by atoms with van der Waals surface area (Å²) in [5, 5.41) is 10.0. The normalized spacial score (nSPS) is 11.5. The number of aromatic nitrogens is 3. The molecule has 0 atom stereocenters. The smallest absolute Gasteiger partial charge is 0.156 e. The molecule has 3 aromatic rings. The molecule has 4 nitrogen and oxygen atoms in total. The van der Waals surface area contributed by atoms with Crippen LogP contribution in [0.2, 0.25) is 0 Å². The zero-order valence-corrected chi connectivity index (χ0v) is 13.7. The number of hydrogen-bond acceptors (Lipinski definition) is 3. The molecule has 0 unspecified atom stereocenters. The van der Waals surface area contributed by atoms with Gasteiger partial charge in [-0.15, -0.1) is 12.4 Å². The summed E-state index contributed by atoms with van der Waals surface area (Å²) >= 11 is 0. The monoisotopic (exact) mass is 317 g/mol. The van der Waals surface area contributed by atoms with E-state index in [9.17, 15) is 5.11 Å². The number of nitrogens with one attached hydrogen (secondary N) is 1. The third kappa shape index (κ3) is 2.85. The third-order valence-corrected chi connectivity index (χ3v) is 3.76. The van der Waals surface area contributed by atoms with E-state index in [1.54, 1.807) is 26.2 Å². The Balaban J connectivity index is 0.00000176. The zero-order chi connectivity index (χ0) is 15.0. The van der Waals surface area contributed by atoms with Crippen LogP contribution in [-0.4, -0.2) is 20.1 Å². The lowest BCUT2D eigenvalue weighted by atomic mass is 9.96. The van der Waals surface area contributed by atoms with E-state index in [4.69, 9.17) is 0 Å². The van der Waals surface area contributed by atoms with Crippen molar-refractivity contribution in [1.29, 1.82) is 0 Å². The minimum Gasteiger partial charge on any atom is -0.386 e. The average molecular weight is 318 g/mol. The summed E-state index contributed by atoms with van der Waals surface area (Å²) in [5.41, 5.74) is 5.14. The number of halogens is 1. The lowest BCUT2D eigenvalue weighted by Gasteiger charge is -2.17. The van der Waals surface area contributed by atoms with Gasteiger partial charge in [0, 0.05) is 18.0 Å². The average Bonchev–Trinajstić information content (AvgIpc) is 2.85. The number of hydrogen-bond donors (Lipinski definition) is 2. The Kier molecular flexibility index (Phi) is 4.54. The summed E-state index contributed by atoms with van der Waals surface area (Å²) in [4.78, 5) is 12.1. The summed E-state index contributed by atoms with van der Waals surface area (Å²) in [7, 11) is 0. The standard InChI is InChI=1S/C17H19N3O.ClH/c1-4-13-14(20-16-15(13)18-9-10-19-16)11-5-7-12(8-6-11)17(2,3)21;/h5-10,21H,4H2,1-3H3,(H,19,20);1H. The van der Waals surface area contributed by atoms with Crippen LogP contribution in [0.25, 0.3) is 22.4 Å². The van der Waals surface area contributed by atoms with Crippen LogP contribution in [0.1, 0.15) is 31.9 Å². The summed E-state index contributed by atoms with van der Waals surface area (Å²) in [6.07, 6.45) is 4.30. The molecule has 0 saturated carbocycles. The SMILES string of the molecule is CCc1c(-c2ccc(C(C)(C)O)cc2)[nH]c2nccnc12.Cl. The molecule has 2 N–H and O–H groups in total. The van der Waals surface area contributed by atoms with Crippen molar-refractivity contribution in [2.24, 2.45) is 0 Å². The minimum absolute atomic E-state index is 0. The van der Waals surface area contributed by atoms with E-state index in [2.05, 4.69) is 21.9 Å². The molecule has 0 aliphatic carbocycles. The minimum atomic E-state index is -0.824. The second kappa shape index (κ2) is 6.07. The van der Waals surface area contributed by atoms with Crippen molar-refractivity contribution in [2.45, 2.75) is 32.8 Å². The second-order valence-corrected chi connectivity index (χ2v) is 5.72. The molecule has 0 bridgehead atoms. The molecule has 0 fully saturated rings. The van der Waals surface area contributed by atoms with E-state index in [0.717, 1.165) is 34.4 Å². The molecule has 116 valence electrons. The van der Waals surface area contributed by atoms with Crippen LogP contribution < -0.4 is 0 Å². The second-order valence-electron chi connectivity index (χ2n) is 5.72. The summed E-state index contributed by atoms with van der Waals surface area (Å²) in [6, 6.07) is 7.97. The van der Waals surface area contributed by atoms with Crippen molar-refractivity contribution in [1.82, 2.24) is 15.0 Å². The number of aliphatic hydroxyl groups is 1. The fraction of sp³-hybridized carbons (Fsp3) is 0.294. The first-order valence-electron chi connectivity index (χ1n) is 7.15. The van der Waals surface area contributed by atoms with Crippen LogP contribution in [0.15, 0.2) is 36.7 Å². The Hall–Kier alpha value is -1.91. The van der Waals surface area contributed by atoms with E-state index in [0.29, 0.717) is 0 Å². The van der Waals surface area contributed by atoms with Gasteiger partial charge in [0.2, 0.25) is 0 Å². The lowest BCUT2D eigenvalue weighted by Crippen LogP contribution is -2.14. The van der Waals surface area contributed by atoms with Crippen molar-refractivity contribution >= 4 is 23.6 Å². The van der Waals surface area contributed by atoms with Crippen molar-refractivity contribution in [3.63, 3.8) is 0 Å². The molecule has 5 heteroatoms. The van der Waals surface area contributed by atoms with Gasteiger partial charge in [0.05, 0.1) is 11.3 Å². The molecule has 0 aliphatic rings. The molecule has 2 heterocycles. The van der Waals surface area contributed by atoms with Crippen molar-refractivity contribution in [3.8, 4) is 11.3 Å². The van der Waals surface area contributed by atoms with E-state index in [-0.39, 0.29) is 12.4 Å². The molecule has 0 aliphatic heterocycles. The fourth-order valence-corrected chi connectivity index (χ4v) is 2.60. The largest absolute Gasteiger partial charge is 0.386 e. The van der Waals surface area contributed by atoms with Gasteiger partial charge in [-0.1, -0.05) is 31.2 Å². The van der Waals surface area contributed by atoms with Crippen LogP contribution in [-0.2, 0) is 12.0 Å². The highest BCUT2D eigenvalue weighted by atomic mass is 35.5. The molecule has 1 aromatic carbocycles. The van der Waals surface area contributed by atoms with Gasteiger partial charge in [0.1, 0.15) is 5.52 Å².